The number of aromatic nitrogens is 2. The van der Waals surface area contributed by atoms with Crippen LogP contribution in [0.5, 0.6) is 0 Å². The highest BCUT2D eigenvalue weighted by molar-refractivity contribution is 5.92. The minimum Gasteiger partial charge on any atom is -0.477 e. The van der Waals surface area contributed by atoms with Crippen LogP contribution in [0, 0.1) is 6.92 Å². The number of fused-ring (bicyclic) bond motifs is 1. The highest BCUT2D eigenvalue weighted by Crippen LogP contribution is 2.24. The predicted molar refractivity (Wildman–Crippen MR) is 81.0 cm³/mol. The van der Waals surface area contributed by atoms with Gasteiger partial charge in [0.25, 0.3) is 0 Å². The molecular formula is C16H13N3O2. The second-order valence-corrected chi connectivity index (χ2v) is 4.67. The summed E-state index contributed by atoms with van der Waals surface area (Å²) < 4.78 is 0. The Bertz CT molecular complexity index is 831. The Morgan fingerprint density at radius 1 is 1.05 bits per heavy atom. The number of para-hydroxylation sites is 1. The molecule has 0 saturated heterocycles. The van der Waals surface area contributed by atoms with Crippen LogP contribution in [-0.2, 0) is 0 Å². The maximum Gasteiger partial charge on any atom is 0.354 e. The molecule has 104 valence electrons. The van der Waals surface area contributed by atoms with Crippen molar-refractivity contribution in [3.8, 4) is 0 Å². The summed E-state index contributed by atoms with van der Waals surface area (Å²) in [5.74, 6) is -0.573. The summed E-state index contributed by atoms with van der Waals surface area (Å²) in [7, 11) is 0. The molecule has 2 aromatic heterocycles. The largest absolute Gasteiger partial charge is 0.477 e. The van der Waals surface area contributed by atoms with E-state index >= 15 is 0 Å². The van der Waals surface area contributed by atoms with Gasteiger partial charge in [-0.1, -0.05) is 24.3 Å². The van der Waals surface area contributed by atoms with Gasteiger partial charge in [-0.2, -0.15) is 0 Å². The van der Waals surface area contributed by atoms with E-state index in [1.807, 2.05) is 37.3 Å². The van der Waals surface area contributed by atoms with Gasteiger partial charge in [0.1, 0.15) is 5.82 Å². The quantitative estimate of drug-likeness (QED) is 0.768. The number of carboxylic acids is 1. The number of nitrogens with one attached hydrogen (secondary N) is 1. The van der Waals surface area contributed by atoms with Gasteiger partial charge in [-0.05, 0) is 31.2 Å². The number of carbonyl (C=O) groups is 1. The van der Waals surface area contributed by atoms with Crippen LogP contribution in [0.1, 0.15) is 16.2 Å². The zero-order chi connectivity index (χ0) is 14.8. The summed E-state index contributed by atoms with van der Waals surface area (Å²) in [6, 6.07) is 14.6. The molecule has 0 atom stereocenters. The van der Waals surface area contributed by atoms with Gasteiger partial charge >= 0.3 is 5.97 Å². The maximum atomic E-state index is 11.0. The SMILES string of the molecule is Cc1ccc2cccc(Nc3cccc(C(=O)O)n3)c2n1. The monoisotopic (exact) mass is 279 g/mol. The first-order chi connectivity index (χ1) is 10.1. The number of hydrogen-bond donors (Lipinski definition) is 2. The molecule has 0 aliphatic carbocycles. The molecule has 0 amide bonds. The number of aromatic carboxylic acids is 1. The van der Waals surface area contributed by atoms with Crippen molar-refractivity contribution in [1.82, 2.24) is 9.97 Å². The van der Waals surface area contributed by atoms with E-state index < -0.39 is 5.97 Å². The zero-order valence-corrected chi connectivity index (χ0v) is 11.4. The summed E-state index contributed by atoms with van der Waals surface area (Å²) in [5.41, 5.74) is 2.56. The van der Waals surface area contributed by atoms with E-state index in [0.29, 0.717) is 5.82 Å². The molecule has 3 aromatic rings. The molecule has 0 aliphatic rings. The van der Waals surface area contributed by atoms with E-state index in [2.05, 4.69) is 15.3 Å². The summed E-state index contributed by atoms with van der Waals surface area (Å²) in [4.78, 5) is 19.5. The average molecular weight is 279 g/mol. The lowest BCUT2D eigenvalue weighted by Gasteiger charge is -2.09. The molecule has 0 radical (unpaired) electrons. The van der Waals surface area contributed by atoms with Crippen molar-refractivity contribution >= 4 is 28.4 Å². The van der Waals surface area contributed by atoms with Crippen LogP contribution in [0.15, 0.2) is 48.5 Å². The van der Waals surface area contributed by atoms with Crippen molar-refractivity contribution in [1.29, 1.82) is 0 Å². The van der Waals surface area contributed by atoms with E-state index in [1.165, 1.54) is 6.07 Å². The normalized spacial score (nSPS) is 10.5. The van der Waals surface area contributed by atoms with E-state index in [9.17, 15) is 4.79 Å². The number of carboxylic acid groups (broad SMARTS) is 1. The molecule has 3 rings (SSSR count). The Balaban J connectivity index is 2.04. The fourth-order valence-corrected chi connectivity index (χ4v) is 2.11. The summed E-state index contributed by atoms with van der Waals surface area (Å²) in [5, 5.41) is 13.1. The van der Waals surface area contributed by atoms with Crippen molar-refractivity contribution in [2.75, 3.05) is 5.32 Å². The molecule has 0 bridgehead atoms. The second kappa shape index (κ2) is 5.20. The number of rotatable bonds is 3. The molecule has 0 fully saturated rings. The minimum atomic E-state index is -1.05. The van der Waals surface area contributed by atoms with Crippen LogP contribution >= 0.6 is 0 Å². The Hall–Kier alpha value is -2.95. The minimum absolute atomic E-state index is 0.00405. The predicted octanol–water partition coefficient (Wildman–Crippen LogP) is 3.38. The highest BCUT2D eigenvalue weighted by Gasteiger charge is 2.07. The third-order valence-electron chi connectivity index (χ3n) is 3.09. The number of pyridine rings is 2. The lowest BCUT2D eigenvalue weighted by Crippen LogP contribution is -2.03. The highest BCUT2D eigenvalue weighted by atomic mass is 16.4. The first-order valence-electron chi connectivity index (χ1n) is 6.47. The van der Waals surface area contributed by atoms with Gasteiger partial charge in [-0.15, -0.1) is 0 Å². The lowest BCUT2D eigenvalue weighted by atomic mass is 10.1. The Kier molecular flexibility index (Phi) is 3.23. The zero-order valence-electron chi connectivity index (χ0n) is 11.4. The summed E-state index contributed by atoms with van der Waals surface area (Å²) >= 11 is 0. The van der Waals surface area contributed by atoms with Crippen LogP contribution in [-0.4, -0.2) is 21.0 Å². The van der Waals surface area contributed by atoms with Gasteiger partial charge in [0.2, 0.25) is 0 Å². The van der Waals surface area contributed by atoms with Gasteiger partial charge in [0.15, 0.2) is 5.69 Å². The molecule has 0 aliphatic heterocycles. The van der Waals surface area contributed by atoms with Gasteiger partial charge in [-0.25, -0.2) is 9.78 Å². The van der Waals surface area contributed by atoms with Crippen molar-refractivity contribution in [2.24, 2.45) is 0 Å². The summed E-state index contributed by atoms with van der Waals surface area (Å²) in [6.45, 7) is 1.93. The third-order valence-corrected chi connectivity index (χ3v) is 3.09. The van der Waals surface area contributed by atoms with Gasteiger partial charge in [0, 0.05) is 11.1 Å². The smallest absolute Gasteiger partial charge is 0.354 e. The molecular weight excluding hydrogens is 266 g/mol. The molecule has 0 saturated carbocycles. The fourth-order valence-electron chi connectivity index (χ4n) is 2.11. The molecule has 5 heteroatoms. The van der Waals surface area contributed by atoms with E-state index in [0.717, 1.165) is 22.3 Å². The van der Waals surface area contributed by atoms with Gasteiger partial charge < -0.3 is 10.4 Å². The van der Waals surface area contributed by atoms with Crippen molar-refractivity contribution in [3.05, 3.63) is 59.9 Å². The second-order valence-electron chi connectivity index (χ2n) is 4.67. The number of benzene rings is 1. The van der Waals surface area contributed by atoms with Crippen molar-refractivity contribution < 1.29 is 9.90 Å². The number of aryl methyl sites for hydroxylation is 1. The van der Waals surface area contributed by atoms with Crippen molar-refractivity contribution in [2.45, 2.75) is 6.92 Å². The molecule has 2 heterocycles. The third kappa shape index (κ3) is 2.67. The van der Waals surface area contributed by atoms with Gasteiger partial charge in [-0.3, -0.25) is 4.98 Å². The van der Waals surface area contributed by atoms with E-state index in [1.54, 1.807) is 12.1 Å². The average Bonchev–Trinajstić information content (AvgIpc) is 2.48. The van der Waals surface area contributed by atoms with E-state index in [-0.39, 0.29) is 5.69 Å². The summed E-state index contributed by atoms with van der Waals surface area (Å²) in [6.07, 6.45) is 0. The van der Waals surface area contributed by atoms with Crippen LogP contribution in [0.4, 0.5) is 11.5 Å². The number of nitrogens with zero attached hydrogens (tertiary/aromatic N) is 2. The Morgan fingerprint density at radius 3 is 2.67 bits per heavy atom. The Morgan fingerprint density at radius 2 is 1.86 bits per heavy atom. The molecule has 5 nitrogen and oxygen atoms in total. The van der Waals surface area contributed by atoms with Crippen LogP contribution in [0.3, 0.4) is 0 Å². The molecule has 2 N–H and O–H groups in total. The standard InChI is InChI=1S/C16H13N3O2/c1-10-8-9-11-4-2-5-12(15(11)17-10)18-14-7-3-6-13(19-14)16(20)21/h2-9H,1H3,(H,18,19)(H,20,21). The Labute approximate surface area is 121 Å². The number of hydrogen-bond acceptors (Lipinski definition) is 4. The maximum absolute atomic E-state index is 11.0. The van der Waals surface area contributed by atoms with E-state index in [4.69, 9.17) is 5.11 Å². The molecule has 21 heavy (non-hydrogen) atoms. The van der Waals surface area contributed by atoms with Crippen LogP contribution < -0.4 is 5.32 Å². The molecule has 0 spiro atoms. The van der Waals surface area contributed by atoms with Gasteiger partial charge in [0.05, 0.1) is 11.2 Å². The van der Waals surface area contributed by atoms with Crippen LogP contribution in [0.2, 0.25) is 0 Å². The fraction of sp³-hybridized carbons (Fsp3) is 0.0625. The number of anilines is 2. The first-order valence-corrected chi connectivity index (χ1v) is 6.47. The first kappa shape index (κ1) is 13.1. The van der Waals surface area contributed by atoms with Crippen molar-refractivity contribution in [3.63, 3.8) is 0 Å². The van der Waals surface area contributed by atoms with Crippen LogP contribution in [0.25, 0.3) is 10.9 Å². The topological polar surface area (TPSA) is 75.1 Å². The molecule has 0 unspecified atom stereocenters. The lowest BCUT2D eigenvalue weighted by molar-refractivity contribution is 0.0690. The molecule has 1 aromatic carbocycles.